The van der Waals surface area contributed by atoms with E-state index in [9.17, 15) is 4.79 Å². The number of rotatable bonds is 3. The summed E-state index contributed by atoms with van der Waals surface area (Å²) in [4.78, 5) is 18.2. The Morgan fingerprint density at radius 3 is 2.85 bits per heavy atom. The van der Waals surface area contributed by atoms with Gasteiger partial charge in [0.25, 0.3) is 0 Å². The zero-order valence-corrected chi connectivity index (χ0v) is 11.3. The Hall–Kier alpha value is -2.25. The largest absolute Gasteiger partial charge is 0.341 e. The topological polar surface area (TPSA) is 89.9 Å². The van der Waals surface area contributed by atoms with Crippen LogP contribution in [0.5, 0.6) is 0 Å². The Kier molecular flexibility index (Phi) is 3.44. The third kappa shape index (κ3) is 2.68. The van der Waals surface area contributed by atoms with Crippen molar-refractivity contribution in [2.45, 2.75) is 32.2 Å². The van der Waals surface area contributed by atoms with Gasteiger partial charge in [0.15, 0.2) is 5.82 Å². The molecular formula is C12H16N6O2. The third-order valence-electron chi connectivity index (χ3n) is 3.51. The monoisotopic (exact) mass is 276 g/mol. The van der Waals surface area contributed by atoms with Crippen LogP contribution in [0.2, 0.25) is 0 Å². The molecule has 3 rings (SSSR count). The van der Waals surface area contributed by atoms with Crippen molar-refractivity contribution in [1.82, 2.24) is 30.0 Å². The van der Waals surface area contributed by atoms with Gasteiger partial charge in [-0.05, 0) is 19.8 Å². The van der Waals surface area contributed by atoms with Gasteiger partial charge in [-0.1, -0.05) is 10.4 Å². The fourth-order valence-corrected chi connectivity index (χ4v) is 2.41. The summed E-state index contributed by atoms with van der Waals surface area (Å²) in [5, 5.41) is 11.3. The van der Waals surface area contributed by atoms with Gasteiger partial charge >= 0.3 is 0 Å². The van der Waals surface area contributed by atoms with Crippen LogP contribution in [0.25, 0.3) is 0 Å². The summed E-state index contributed by atoms with van der Waals surface area (Å²) in [5.41, 5.74) is 0. The summed E-state index contributed by atoms with van der Waals surface area (Å²) in [6, 6.07) is 0. The molecule has 106 valence electrons. The number of aryl methyl sites for hydroxylation is 1. The number of aromatic nitrogens is 5. The lowest BCUT2D eigenvalue weighted by Gasteiger charge is -2.30. The van der Waals surface area contributed by atoms with Gasteiger partial charge in [-0.2, -0.15) is 4.98 Å². The molecule has 0 bridgehead atoms. The van der Waals surface area contributed by atoms with Crippen LogP contribution in [0.3, 0.4) is 0 Å². The maximum Gasteiger partial charge on any atom is 0.244 e. The maximum atomic E-state index is 12.1. The molecule has 0 radical (unpaired) electrons. The molecule has 1 amide bonds. The zero-order chi connectivity index (χ0) is 13.9. The molecule has 0 unspecified atom stereocenters. The molecule has 0 atom stereocenters. The van der Waals surface area contributed by atoms with Gasteiger partial charge in [0, 0.05) is 25.2 Å². The molecule has 8 nitrogen and oxygen atoms in total. The van der Waals surface area contributed by atoms with E-state index >= 15 is 0 Å². The summed E-state index contributed by atoms with van der Waals surface area (Å²) in [5.74, 6) is 1.66. The molecule has 1 aliphatic heterocycles. The van der Waals surface area contributed by atoms with E-state index in [-0.39, 0.29) is 18.4 Å². The molecule has 0 aliphatic carbocycles. The molecule has 0 saturated carbocycles. The van der Waals surface area contributed by atoms with Crippen LogP contribution in [0.1, 0.15) is 30.5 Å². The molecule has 20 heavy (non-hydrogen) atoms. The first-order chi connectivity index (χ1) is 9.72. The SMILES string of the molecule is Cc1noc(C2CCN(C(=O)Cn3ccnn3)CC2)n1. The van der Waals surface area contributed by atoms with Gasteiger partial charge in [-0.25, -0.2) is 4.68 Å². The van der Waals surface area contributed by atoms with E-state index in [0.717, 1.165) is 12.8 Å². The van der Waals surface area contributed by atoms with E-state index in [0.29, 0.717) is 24.8 Å². The first-order valence-electron chi connectivity index (χ1n) is 6.64. The van der Waals surface area contributed by atoms with Gasteiger partial charge in [-0.3, -0.25) is 4.79 Å². The lowest BCUT2D eigenvalue weighted by atomic mass is 9.97. The number of hydrogen-bond donors (Lipinski definition) is 0. The third-order valence-corrected chi connectivity index (χ3v) is 3.51. The van der Waals surface area contributed by atoms with Crippen molar-refractivity contribution in [1.29, 1.82) is 0 Å². The summed E-state index contributed by atoms with van der Waals surface area (Å²) < 4.78 is 6.74. The Labute approximate surface area is 115 Å². The minimum Gasteiger partial charge on any atom is -0.341 e. The molecule has 1 fully saturated rings. The van der Waals surface area contributed by atoms with Gasteiger partial charge in [0.05, 0.1) is 6.20 Å². The number of nitrogens with zero attached hydrogens (tertiary/aromatic N) is 6. The number of likely N-dealkylation sites (tertiary alicyclic amines) is 1. The van der Waals surface area contributed by atoms with Crippen LogP contribution in [-0.4, -0.2) is 49.0 Å². The second-order valence-electron chi connectivity index (χ2n) is 4.94. The predicted molar refractivity (Wildman–Crippen MR) is 67.6 cm³/mol. The number of piperidine rings is 1. The van der Waals surface area contributed by atoms with E-state index in [1.807, 2.05) is 11.8 Å². The number of hydrogen-bond acceptors (Lipinski definition) is 6. The van der Waals surface area contributed by atoms with Crippen molar-refractivity contribution in [3.05, 3.63) is 24.1 Å². The van der Waals surface area contributed by atoms with E-state index in [2.05, 4.69) is 20.5 Å². The second kappa shape index (κ2) is 5.40. The average Bonchev–Trinajstić information content (AvgIpc) is 3.10. The van der Waals surface area contributed by atoms with Crippen LogP contribution < -0.4 is 0 Å². The Balaban J connectivity index is 1.54. The Bertz CT molecular complexity index is 571. The summed E-state index contributed by atoms with van der Waals surface area (Å²) in [6.07, 6.45) is 4.96. The summed E-state index contributed by atoms with van der Waals surface area (Å²) >= 11 is 0. The first-order valence-corrected chi connectivity index (χ1v) is 6.64. The molecular weight excluding hydrogens is 260 g/mol. The lowest BCUT2D eigenvalue weighted by molar-refractivity contribution is -0.133. The molecule has 1 saturated heterocycles. The molecule has 0 N–H and O–H groups in total. The Morgan fingerprint density at radius 2 is 2.25 bits per heavy atom. The van der Waals surface area contributed by atoms with Gasteiger partial charge in [0.1, 0.15) is 6.54 Å². The van der Waals surface area contributed by atoms with E-state index < -0.39 is 0 Å². The van der Waals surface area contributed by atoms with Crippen LogP contribution in [0.4, 0.5) is 0 Å². The van der Waals surface area contributed by atoms with Gasteiger partial charge in [0.2, 0.25) is 11.8 Å². The average molecular weight is 276 g/mol. The first kappa shape index (κ1) is 12.8. The lowest BCUT2D eigenvalue weighted by Crippen LogP contribution is -2.39. The molecule has 0 aromatic carbocycles. The van der Waals surface area contributed by atoms with Crippen molar-refractivity contribution in [3.8, 4) is 0 Å². The quantitative estimate of drug-likeness (QED) is 0.804. The van der Waals surface area contributed by atoms with Crippen molar-refractivity contribution in [2.75, 3.05) is 13.1 Å². The maximum absolute atomic E-state index is 12.1. The minimum atomic E-state index is 0.0654. The highest BCUT2D eigenvalue weighted by atomic mass is 16.5. The fourth-order valence-electron chi connectivity index (χ4n) is 2.41. The summed E-state index contributed by atoms with van der Waals surface area (Å²) in [6.45, 7) is 3.47. The van der Waals surface area contributed by atoms with Crippen LogP contribution >= 0.6 is 0 Å². The van der Waals surface area contributed by atoms with Crippen molar-refractivity contribution in [3.63, 3.8) is 0 Å². The normalized spacial score (nSPS) is 16.6. The molecule has 1 aliphatic rings. The molecule has 2 aromatic rings. The van der Waals surface area contributed by atoms with Crippen LogP contribution in [-0.2, 0) is 11.3 Å². The van der Waals surface area contributed by atoms with Crippen LogP contribution in [0, 0.1) is 6.92 Å². The highest BCUT2D eigenvalue weighted by Gasteiger charge is 2.27. The molecule has 3 heterocycles. The minimum absolute atomic E-state index is 0.0654. The van der Waals surface area contributed by atoms with E-state index in [1.54, 1.807) is 12.4 Å². The van der Waals surface area contributed by atoms with Gasteiger partial charge < -0.3 is 9.42 Å². The Morgan fingerprint density at radius 1 is 1.45 bits per heavy atom. The molecule has 0 spiro atoms. The van der Waals surface area contributed by atoms with Crippen LogP contribution in [0.15, 0.2) is 16.9 Å². The van der Waals surface area contributed by atoms with Crippen molar-refractivity contribution < 1.29 is 9.32 Å². The zero-order valence-electron chi connectivity index (χ0n) is 11.3. The number of amides is 1. The van der Waals surface area contributed by atoms with E-state index in [1.165, 1.54) is 4.68 Å². The second-order valence-corrected chi connectivity index (χ2v) is 4.94. The smallest absolute Gasteiger partial charge is 0.244 e. The van der Waals surface area contributed by atoms with E-state index in [4.69, 9.17) is 4.52 Å². The molecule has 2 aromatic heterocycles. The number of carbonyl (C=O) groups excluding carboxylic acids is 1. The highest BCUT2D eigenvalue weighted by molar-refractivity contribution is 5.75. The summed E-state index contributed by atoms with van der Waals surface area (Å²) in [7, 11) is 0. The van der Waals surface area contributed by atoms with Crippen molar-refractivity contribution in [2.24, 2.45) is 0 Å². The standard InChI is InChI=1S/C12H16N6O2/c1-9-14-12(20-15-9)10-2-5-17(6-3-10)11(19)8-18-7-4-13-16-18/h4,7,10H,2-3,5-6,8H2,1H3. The predicted octanol–water partition coefficient (Wildman–Crippen LogP) is 0.376. The molecule has 8 heteroatoms. The van der Waals surface area contributed by atoms with Gasteiger partial charge in [-0.15, -0.1) is 5.10 Å². The number of carbonyl (C=O) groups is 1. The highest BCUT2D eigenvalue weighted by Crippen LogP contribution is 2.26. The fraction of sp³-hybridized carbons (Fsp3) is 0.583. The van der Waals surface area contributed by atoms with Crippen molar-refractivity contribution >= 4 is 5.91 Å².